The molecule has 230 valence electrons. The van der Waals surface area contributed by atoms with E-state index in [9.17, 15) is 18.0 Å². The highest BCUT2D eigenvalue weighted by Gasteiger charge is 2.34. The lowest BCUT2D eigenvalue weighted by molar-refractivity contribution is -0.140. The average Bonchev–Trinajstić information content (AvgIpc) is 3.04. The fraction of sp³-hybridized carbons (Fsp3) is 0.235. The van der Waals surface area contributed by atoms with Crippen LogP contribution < -0.4 is 14.4 Å². The van der Waals surface area contributed by atoms with Gasteiger partial charge in [0.25, 0.3) is 10.0 Å². The second-order valence-corrected chi connectivity index (χ2v) is 12.5. The SMILES string of the molecule is CCCNC(=O)C(Cc1ccccc1)N(Cc1cccc(OC)c1)C(=O)CN(c1cccc(Cl)c1)S(=O)(=O)c1ccccc1. The quantitative estimate of drug-likeness (QED) is 0.192. The van der Waals surface area contributed by atoms with Crippen molar-refractivity contribution in [1.29, 1.82) is 0 Å². The molecule has 4 aromatic rings. The van der Waals surface area contributed by atoms with Crippen molar-refractivity contribution in [2.24, 2.45) is 0 Å². The van der Waals surface area contributed by atoms with Gasteiger partial charge in [-0.1, -0.05) is 85.3 Å². The van der Waals surface area contributed by atoms with E-state index in [4.69, 9.17) is 16.3 Å². The molecule has 4 rings (SSSR count). The van der Waals surface area contributed by atoms with Crippen LogP contribution in [-0.4, -0.2) is 51.4 Å². The molecule has 0 radical (unpaired) electrons. The van der Waals surface area contributed by atoms with Crippen molar-refractivity contribution in [3.63, 3.8) is 0 Å². The van der Waals surface area contributed by atoms with Gasteiger partial charge in [0.2, 0.25) is 11.8 Å². The molecule has 1 N–H and O–H groups in total. The summed E-state index contributed by atoms with van der Waals surface area (Å²) >= 11 is 6.27. The number of nitrogens with zero attached hydrogens (tertiary/aromatic N) is 2. The molecular formula is C34H36ClN3O5S. The zero-order valence-corrected chi connectivity index (χ0v) is 26.3. The summed E-state index contributed by atoms with van der Waals surface area (Å²) in [6.45, 7) is 1.86. The Kier molecular flexibility index (Phi) is 11.4. The summed E-state index contributed by atoms with van der Waals surface area (Å²) in [6.07, 6.45) is 0.945. The van der Waals surface area contributed by atoms with Gasteiger partial charge in [-0.15, -0.1) is 0 Å². The molecule has 1 atom stereocenters. The fourth-order valence-electron chi connectivity index (χ4n) is 4.77. The molecular weight excluding hydrogens is 598 g/mol. The number of anilines is 1. The number of amides is 2. The molecule has 0 aliphatic heterocycles. The van der Waals surface area contributed by atoms with Crippen molar-refractivity contribution in [1.82, 2.24) is 10.2 Å². The van der Waals surface area contributed by atoms with Crippen molar-refractivity contribution in [3.05, 3.63) is 125 Å². The van der Waals surface area contributed by atoms with E-state index in [1.54, 1.807) is 61.7 Å². The molecule has 4 aromatic carbocycles. The number of halogens is 1. The molecule has 0 saturated heterocycles. The van der Waals surface area contributed by atoms with Crippen molar-refractivity contribution in [2.45, 2.75) is 37.2 Å². The van der Waals surface area contributed by atoms with Crippen LogP contribution in [0.5, 0.6) is 5.75 Å². The van der Waals surface area contributed by atoms with E-state index in [0.29, 0.717) is 23.7 Å². The Morgan fingerprint density at radius 1 is 0.864 bits per heavy atom. The lowest BCUT2D eigenvalue weighted by atomic mass is 10.0. The Balaban J connectivity index is 1.80. The highest BCUT2D eigenvalue weighted by Crippen LogP contribution is 2.27. The van der Waals surface area contributed by atoms with Crippen LogP contribution in [0.3, 0.4) is 0 Å². The van der Waals surface area contributed by atoms with Crippen LogP contribution >= 0.6 is 11.6 Å². The number of carbonyl (C=O) groups excluding carboxylic acids is 2. The smallest absolute Gasteiger partial charge is 0.264 e. The van der Waals surface area contributed by atoms with Crippen LogP contribution in [0.4, 0.5) is 5.69 Å². The van der Waals surface area contributed by atoms with Gasteiger partial charge in [0.15, 0.2) is 0 Å². The maximum Gasteiger partial charge on any atom is 0.264 e. The number of carbonyl (C=O) groups is 2. The molecule has 0 aromatic heterocycles. The first-order chi connectivity index (χ1) is 21.2. The van der Waals surface area contributed by atoms with Crippen LogP contribution in [0.1, 0.15) is 24.5 Å². The highest BCUT2D eigenvalue weighted by atomic mass is 35.5. The maximum atomic E-state index is 14.4. The van der Waals surface area contributed by atoms with E-state index >= 15 is 0 Å². The second kappa shape index (κ2) is 15.4. The molecule has 1 unspecified atom stereocenters. The number of rotatable bonds is 14. The number of ether oxygens (including phenoxy) is 1. The summed E-state index contributed by atoms with van der Waals surface area (Å²) in [5, 5.41) is 3.26. The minimum absolute atomic E-state index is 0.0219. The fourth-order valence-corrected chi connectivity index (χ4v) is 6.38. The third kappa shape index (κ3) is 8.39. The van der Waals surface area contributed by atoms with Gasteiger partial charge in [0.1, 0.15) is 18.3 Å². The molecule has 2 amide bonds. The summed E-state index contributed by atoms with van der Waals surface area (Å²) in [7, 11) is -2.64. The first-order valence-electron chi connectivity index (χ1n) is 14.3. The first-order valence-corrected chi connectivity index (χ1v) is 16.1. The van der Waals surface area contributed by atoms with Gasteiger partial charge < -0.3 is 15.0 Å². The molecule has 10 heteroatoms. The molecule has 0 fully saturated rings. The molecule has 0 heterocycles. The molecule has 0 aliphatic carbocycles. The third-order valence-electron chi connectivity index (χ3n) is 7.01. The molecule has 8 nitrogen and oxygen atoms in total. The second-order valence-electron chi connectivity index (χ2n) is 10.2. The van der Waals surface area contributed by atoms with E-state index in [1.165, 1.54) is 23.1 Å². The maximum absolute atomic E-state index is 14.4. The average molecular weight is 634 g/mol. The highest BCUT2D eigenvalue weighted by molar-refractivity contribution is 7.92. The van der Waals surface area contributed by atoms with Gasteiger partial charge in [0.05, 0.1) is 17.7 Å². The van der Waals surface area contributed by atoms with Crippen LogP contribution in [0.2, 0.25) is 5.02 Å². The monoisotopic (exact) mass is 633 g/mol. The first kappa shape index (κ1) is 32.6. The molecule has 44 heavy (non-hydrogen) atoms. The minimum Gasteiger partial charge on any atom is -0.497 e. The normalized spacial score (nSPS) is 11.8. The van der Waals surface area contributed by atoms with E-state index in [1.807, 2.05) is 43.3 Å². The van der Waals surface area contributed by atoms with Crippen LogP contribution in [-0.2, 0) is 32.6 Å². The summed E-state index contributed by atoms with van der Waals surface area (Å²) in [4.78, 5) is 29.6. The number of methoxy groups -OCH3 is 1. The Labute approximate surface area is 264 Å². The zero-order chi connectivity index (χ0) is 31.5. The number of nitrogens with one attached hydrogen (secondary N) is 1. The standard InChI is InChI=1S/C34H36ClN3O5S/c1-3-20-36-34(40)32(22-26-12-6-4-7-13-26)37(24-27-14-10-17-30(21-27)43-2)33(39)25-38(29-16-11-15-28(35)23-29)44(41,42)31-18-8-5-9-19-31/h4-19,21,23,32H,3,20,22,24-25H2,1-2H3,(H,36,40). The van der Waals surface area contributed by atoms with E-state index in [-0.39, 0.29) is 29.5 Å². The Bertz CT molecular complexity index is 1650. The molecule has 0 spiro atoms. The number of benzene rings is 4. The van der Waals surface area contributed by atoms with Crippen LogP contribution in [0.25, 0.3) is 0 Å². The van der Waals surface area contributed by atoms with E-state index < -0.39 is 28.5 Å². The van der Waals surface area contributed by atoms with Crippen molar-refractivity contribution >= 4 is 39.1 Å². The lowest BCUT2D eigenvalue weighted by Gasteiger charge is -2.34. The Morgan fingerprint density at radius 3 is 2.18 bits per heavy atom. The number of hydrogen-bond donors (Lipinski definition) is 1. The van der Waals surface area contributed by atoms with Crippen molar-refractivity contribution in [3.8, 4) is 5.75 Å². The van der Waals surface area contributed by atoms with Gasteiger partial charge in [-0.05, 0) is 60.0 Å². The van der Waals surface area contributed by atoms with Gasteiger partial charge in [0, 0.05) is 24.5 Å². The predicted molar refractivity (Wildman–Crippen MR) is 173 cm³/mol. The number of sulfonamides is 1. The predicted octanol–water partition coefficient (Wildman–Crippen LogP) is 5.71. The van der Waals surface area contributed by atoms with Gasteiger partial charge in [-0.2, -0.15) is 0 Å². The van der Waals surface area contributed by atoms with Crippen LogP contribution in [0, 0.1) is 0 Å². The van der Waals surface area contributed by atoms with Gasteiger partial charge >= 0.3 is 0 Å². The summed E-state index contributed by atoms with van der Waals surface area (Å²) in [5.74, 6) is -0.288. The van der Waals surface area contributed by atoms with Crippen molar-refractivity contribution < 1.29 is 22.7 Å². The Hall–Kier alpha value is -4.34. The lowest BCUT2D eigenvalue weighted by Crippen LogP contribution is -2.53. The van der Waals surface area contributed by atoms with Crippen molar-refractivity contribution in [2.75, 3.05) is 24.5 Å². The summed E-state index contributed by atoms with van der Waals surface area (Å²) in [6, 6.07) is 29.9. The van der Waals surface area contributed by atoms with Gasteiger partial charge in [-0.3, -0.25) is 13.9 Å². The van der Waals surface area contributed by atoms with Crippen LogP contribution in [0.15, 0.2) is 114 Å². The molecule has 0 bridgehead atoms. The third-order valence-corrected chi connectivity index (χ3v) is 9.04. The number of hydrogen-bond acceptors (Lipinski definition) is 5. The minimum atomic E-state index is -4.20. The van der Waals surface area contributed by atoms with Gasteiger partial charge in [-0.25, -0.2) is 8.42 Å². The zero-order valence-electron chi connectivity index (χ0n) is 24.7. The summed E-state index contributed by atoms with van der Waals surface area (Å²) in [5.41, 5.74) is 1.81. The largest absolute Gasteiger partial charge is 0.497 e. The Morgan fingerprint density at radius 2 is 1.52 bits per heavy atom. The molecule has 0 aliphatic rings. The topological polar surface area (TPSA) is 96.0 Å². The molecule has 0 saturated carbocycles. The summed E-state index contributed by atoms with van der Waals surface area (Å²) < 4.78 is 34.4. The van der Waals surface area contributed by atoms with E-state index in [2.05, 4.69) is 5.32 Å². The van der Waals surface area contributed by atoms with E-state index in [0.717, 1.165) is 15.4 Å².